The van der Waals surface area contributed by atoms with Gasteiger partial charge in [0.05, 0.1) is 0 Å². The number of rotatable bonds is 6. The Morgan fingerprint density at radius 2 is 0.931 bits per heavy atom. The molecular weight excluding hydrogens is 871 g/mol. The van der Waals surface area contributed by atoms with Crippen LogP contribution in [0.25, 0.3) is 77.6 Å². The Labute approximate surface area is 423 Å². The minimum atomic E-state index is 0.139. The lowest BCUT2D eigenvalue weighted by molar-refractivity contribution is -0.0399. The summed E-state index contributed by atoms with van der Waals surface area (Å²) in [6.45, 7) is 0. The molecule has 2 nitrogen and oxygen atoms in total. The van der Waals surface area contributed by atoms with E-state index >= 15 is 0 Å². The van der Waals surface area contributed by atoms with E-state index in [1.807, 2.05) is 0 Å². The average Bonchev–Trinajstić information content (AvgIpc) is 4.05. The van der Waals surface area contributed by atoms with Crippen LogP contribution in [0.4, 0.5) is 17.1 Å². The van der Waals surface area contributed by atoms with E-state index in [1.54, 1.807) is 11.1 Å². The lowest BCUT2D eigenvalue weighted by Crippen LogP contribution is -2.55. The summed E-state index contributed by atoms with van der Waals surface area (Å²) in [4.78, 5) is 2.44. The topological polar surface area (TPSA) is 16.4 Å². The normalized spacial score (nSPS) is 22.6. The van der Waals surface area contributed by atoms with Crippen LogP contribution in [0.15, 0.2) is 205 Å². The van der Waals surface area contributed by atoms with Gasteiger partial charge in [-0.05, 0) is 207 Å². The zero-order chi connectivity index (χ0) is 47.1. The highest BCUT2D eigenvalue weighted by molar-refractivity contribution is 6.09. The maximum atomic E-state index is 6.72. The van der Waals surface area contributed by atoms with E-state index in [-0.39, 0.29) is 10.8 Å². The molecule has 1 aromatic heterocycles. The second-order valence-electron chi connectivity index (χ2n) is 22.7. The van der Waals surface area contributed by atoms with Gasteiger partial charge in [-0.25, -0.2) is 0 Å². The number of fused-ring (bicyclic) bond motifs is 11. The minimum Gasteiger partial charge on any atom is -0.456 e. The van der Waals surface area contributed by atoms with Crippen LogP contribution >= 0.6 is 0 Å². The molecule has 5 fully saturated rings. The predicted molar refractivity (Wildman–Crippen MR) is 297 cm³/mol. The molecule has 0 N–H and O–H groups in total. The van der Waals surface area contributed by atoms with Gasteiger partial charge in [-0.2, -0.15) is 0 Å². The van der Waals surface area contributed by atoms with Crippen LogP contribution < -0.4 is 4.90 Å². The van der Waals surface area contributed by atoms with Crippen molar-refractivity contribution in [2.45, 2.75) is 75.0 Å². The molecule has 4 bridgehead atoms. The highest BCUT2D eigenvalue weighted by Gasteiger charge is 2.61. The molecule has 0 aliphatic heterocycles. The zero-order valence-corrected chi connectivity index (χ0v) is 40.8. The van der Waals surface area contributed by atoms with Crippen molar-refractivity contribution in [3.05, 3.63) is 222 Å². The van der Waals surface area contributed by atoms with Gasteiger partial charge in [0.2, 0.25) is 0 Å². The summed E-state index contributed by atoms with van der Waals surface area (Å²) in [5, 5.41) is 2.28. The molecule has 0 radical (unpaired) electrons. The molecule has 5 saturated carbocycles. The summed E-state index contributed by atoms with van der Waals surface area (Å²) in [7, 11) is 0. The van der Waals surface area contributed by atoms with Crippen molar-refractivity contribution in [3.63, 3.8) is 0 Å². The van der Waals surface area contributed by atoms with Gasteiger partial charge < -0.3 is 9.32 Å². The fourth-order valence-electron chi connectivity index (χ4n) is 16.6. The van der Waals surface area contributed by atoms with Crippen molar-refractivity contribution in [2.24, 2.45) is 23.7 Å². The smallest absolute Gasteiger partial charge is 0.135 e. The Kier molecular flexibility index (Phi) is 8.90. The number of anilines is 3. The fraction of sp³-hybridized carbons (Fsp3) is 0.229. The van der Waals surface area contributed by atoms with Gasteiger partial charge in [-0.1, -0.05) is 159 Å². The molecule has 0 amide bonds. The first-order chi connectivity index (χ1) is 35.6. The van der Waals surface area contributed by atoms with Gasteiger partial charge in [0.15, 0.2) is 0 Å². The first kappa shape index (κ1) is 41.2. The summed E-state index contributed by atoms with van der Waals surface area (Å²) in [6, 6.07) is 76.1. The van der Waals surface area contributed by atoms with Gasteiger partial charge in [0.25, 0.3) is 0 Å². The van der Waals surface area contributed by atoms with E-state index in [0.717, 1.165) is 62.7 Å². The third kappa shape index (κ3) is 5.84. The third-order valence-electron chi connectivity index (χ3n) is 19.2. The van der Waals surface area contributed by atoms with Crippen molar-refractivity contribution in [1.82, 2.24) is 0 Å². The Balaban J connectivity index is 0.824. The van der Waals surface area contributed by atoms with E-state index in [9.17, 15) is 0 Å². The lowest BCUT2D eigenvalue weighted by Gasteiger charge is -2.61. The van der Waals surface area contributed by atoms with Crippen LogP contribution in [-0.4, -0.2) is 0 Å². The number of furan rings is 1. The number of hydrogen-bond acceptors (Lipinski definition) is 2. The van der Waals surface area contributed by atoms with Crippen molar-refractivity contribution < 1.29 is 4.42 Å². The third-order valence-corrected chi connectivity index (χ3v) is 19.2. The quantitative estimate of drug-likeness (QED) is 0.165. The monoisotopic (exact) mass is 927 g/mol. The maximum Gasteiger partial charge on any atom is 0.135 e. The molecule has 0 unspecified atom stereocenters. The van der Waals surface area contributed by atoms with Crippen molar-refractivity contribution in [2.75, 3.05) is 4.90 Å². The SMILES string of the molecule is c1ccc(-c2ccc(N(c3cccc(-c4ccc5c(c4)-c4ccccc4C54CCCCC4)c3)c3ccc4oc5ccc(-c6cccc7c6-c6ccccc6C76C7CC8CC(C7)CC6C8)cc5c4c3)cc2)cc1. The summed E-state index contributed by atoms with van der Waals surface area (Å²) in [6.07, 6.45) is 13.5. The number of nitrogens with zero attached hydrogens (tertiary/aromatic N) is 1. The molecule has 72 heavy (non-hydrogen) atoms. The molecule has 0 saturated heterocycles. The van der Waals surface area contributed by atoms with E-state index in [1.165, 1.54) is 131 Å². The molecule has 10 aromatic rings. The van der Waals surface area contributed by atoms with E-state index in [0.29, 0.717) is 0 Å². The molecular formula is C70H57NO. The van der Waals surface area contributed by atoms with Gasteiger partial charge in [-0.15, -0.1) is 0 Å². The summed E-state index contributed by atoms with van der Waals surface area (Å²) < 4.78 is 6.72. The molecule has 17 rings (SSSR count). The number of hydrogen-bond donors (Lipinski definition) is 0. The molecule has 7 aliphatic rings. The minimum absolute atomic E-state index is 0.139. The predicted octanol–water partition coefficient (Wildman–Crippen LogP) is 19.0. The van der Waals surface area contributed by atoms with Gasteiger partial charge in [0, 0.05) is 38.7 Å². The first-order valence-electron chi connectivity index (χ1n) is 27.1. The van der Waals surface area contributed by atoms with Gasteiger partial charge in [0.1, 0.15) is 11.2 Å². The highest BCUT2D eigenvalue weighted by Crippen LogP contribution is 2.70. The van der Waals surface area contributed by atoms with Crippen molar-refractivity contribution in [3.8, 4) is 55.6 Å². The average molecular weight is 928 g/mol. The first-order valence-corrected chi connectivity index (χ1v) is 27.1. The Bertz CT molecular complexity index is 3780. The van der Waals surface area contributed by atoms with Gasteiger partial charge in [-0.3, -0.25) is 0 Å². The molecule has 1 heterocycles. The fourth-order valence-corrected chi connectivity index (χ4v) is 16.6. The Hall–Kier alpha value is -7.42. The second-order valence-corrected chi connectivity index (χ2v) is 22.7. The van der Waals surface area contributed by atoms with E-state index < -0.39 is 0 Å². The maximum absolute atomic E-state index is 6.72. The van der Waals surface area contributed by atoms with E-state index in [2.05, 4.69) is 205 Å². The zero-order valence-electron chi connectivity index (χ0n) is 40.8. The van der Waals surface area contributed by atoms with Crippen LogP contribution in [0.3, 0.4) is 0 Å². The molecule has 9 aromatic carbocycles. The Morgan fingerprint density at radius 3 is 1.74 bits per heavy atom. The second kappa shape index (κ2) is 15.5. The van der Waals surface area contributed by atoms with Crippen LogP contribution in [0.5, 0.6) is 0 Å². The number of benzene rings is 9. The van der Waals surface area contributed by atoms with Gasteiger partial charge >= 0.3 is 0 Å². The summed E-state index contributed by atoms with van der Waals surface area (Å²) in [5.74, 6) is 3.32. The summed E-state index contributed by atoms with van der Waals surface area (Å²) >= 11 is 0. The van der Waals surface area contributed by atoms with Crippen LogP contribution in [0.2, 0.25) is 0 Å². The van der Waals surface area contributed by atoms with Crippen molar-refractivity contribution >= 4 is 39.0 Å². The molecule has 2 heteroatoms. The highest BCUT2D eigenvalue weighted by atomic mass is 16.3. The Morgan fingerprint density at radius 1 is 0.361 bits per heavy atom. The van der Waals surface area contributed by atoms with E-state index in [4.69, 9.17) is 4.42 Å². The lowest BCUT2D eigenvalue weighted by atomic mass is 9.43. The van der Waals surface area contributed by atoms with Crippen molar-refractivity contribution in [1.29, 1.82) is 0 Å². The standard InChI is InChI=1S/C70H57NO/c1-3-13-46(14-4-1)47-23-27-53(28-24-47)71(54-16-11-15-48(40-54)49-25-30-63-59(41-49)57-17-5-7-20-62(57)69(63)33-9-2-10-34-69)55-29-32-67-61(43-55)60-42-50(26-31-66(60)72-67)56-19-12-22-65-68(56)58-18-6-8-21-64(58)70(65)51-36-44-35-45(38-51)39-52(70)37-44/h1,3-8,11-32,40-45,51-52H,2,9-10,33-39H2. The summed E-state index contributed by atoms with van der Waals surface area (Å²) in [5.41, 5.74) is 25.0. The largest absolute Gasteiger partial charge is 0.456 e. The van der Waals surface area contributed by atoms with Crippen LogP contribution in [0, 0.1) is 23.7 Å². The molecule has 0 atom stereocenters. The van der Waals surface area contributed by atoms with Crippen LogP contribution in [-0.2, 0) is 10.8 Å². The molecule has 2 spiro atoms. The van der Waals surface area contributed by atoms with Crippen LogP contribution in [0.1, 0.15) is 86.5 Å². The molecule has 348 valence electrons. The molecule has 7 aliphatic carbocycles.